The molecule has 2 aromatic rings. The molecule has 2 saturated heterocycles. The van der Waals surface area contributed by atoms with Crippen LogP contribution < -0.4 is 31.2 Å². The Bertz CT molecular complexity index is 2230. The van der Waals surface area contributed by atoms with Gasteiger partial charge in [-0.05, 0) is 13.0 Å². The van der Waals surface area contributed by atoms with E-state index < -0.39 is 146 Å². The normalized spacial score (nSPS) is 25.8. The molecule has 0 bridgehead atoms. The lowest BCUT2D eigenvalue weighted by molar-refractivity contribution is -0.308. The van der Waals surface area contributed by atoms with Crippen LogP contribution in [0.5, 0.6) is 17.2 Å². The first-order valence-electron chi connectivity index (χ1n) is 21.6. The second-order valence-corrected chi connectivity index (χ2v) is 17.0. The van der Waals surface area contributed by atoms with Crippen LogP contribution in [0.1, 0.15) is 68.8 Å². The number of hydrazone groups is 1. The van der Waals surface area contributed by atoms with E-state index in [1.165, 1.54) is 44.9 Å². The van der Waals surface area contributed by atoms with Crippen LogP contribution in [0.15, 0.2) is 23.3 Å². The van der Waals surface area contributed by atoms with E-state index in [0.717, 1.165) is 0 Å². The van der Waals surface area contributed by atoms with Crippen molar-refractivity contribution >= 4 is 41.1 Å². The summed E-state index contributed by atoms with van der Waals surface area (Å²) in [4.78, 5) is 82.2. The van der Waals surface area contributed by atoms with Crippen molar-refractivity contribution in [2.45, 2.75) is 62.4 Å². The van der Waals surface area contributed by atoms with Gasteiger partial charge in [-0.1, -0.05) is 12.1 Å². The number of carboxylic acids is 3. The molecule has 67 heavy (non-hydrogen) atoms. The third-order valence-corrected chi connectivity index (χ3v) is 12.5. The lowest BCUT2D eigenvalue weighted by Gasteiger charge is -2.43. The van der Waals surface area contributed by atoms with Gasteiger partial charge in [-0.15, -0.1) is 0 Å². The molecule has 0 spiro atoms. The number of nitrogens with zero attached hydrogens (tertiary/aromatic N) is 5. The zero-order valence-corrected chi connectivity index (χ0v) is 36.9. The van der Waals surface area contributed by atoms with E-state index in [-0.39, 0.29) is 86.8 Å². The number of aliphatic carboxylic acids is 3. The van der Waals surface area contributed by atoms with Crippen LogP contribution in [-0.4, -0.2) is 209 Å². The number of phenols is 2. The number of hydrogen-bond acceptors (Lipinski definition) is 23. The number of ketones is 2. The number of amides is 1. The molecular formula is C43H54N7O17-3. The molecule has 0 unspecified atom stereocenters. The van der Waals surface area contributed by atoms with Crippen molar-refractivity contribution in [2.24, 2.45) is 10.8 Å². The highest BCUT2D eigenvalue weighted by Gasteiger charge is 2.49. The number of carboxylic acid groups (broad SMARTS) is 3. The summed E-state index contributed by atoms with van der Waals surface area (Å²) >= 11 is 0. The van der Waals surface area contributed by atoms with Crippen LogP contribution in [0.2, 0.25) is 0 Å². The molecule has 2 aliphatic heterocycles. The third-order valence-electron chi connectivity index (χ3n) is 12.5. The van der Waals surface area contributed by atoms with Crippen molar-refractivity contribution in [1.29, 1.82) is 0 Å². The highest BCUT2D eigenvalue weighted by Crippen LogP contribution is 2.52. The van der Waals surface area contributed by atoms with Gasteiger partial charge in [-0.3, -0.25) is 29.1 Å². The summed E-state index contributed by atoms with van der Waals surface area (Å²) in [5.41, 5.74) is 4.27. The zero-order chi connectivity index (χ0) is 48.9. The third kappa shape index (κ3) is 11.3. The minimum atomic E-state index is -2.26. The number of benzene rings is 2. The number of carbonyl (C=O) groups is 6. The minimum absolute atomic E-state index is 0.0221. The molecule has 24 nitrogen and oxygen atoms in total. The fourth-order valence-electron chi connectivity index (χ4n) is 9.02. The Morgan fingerprint density at radius 3 is 1.96 bits per heavy atom. The zero-order valence-electron chi connectivity index (χ0n) is 36.9. The molecule has 6 rings (SSSR count). The van der Waals surface area contributed by atoms with Gasteiger partial charge in [0.2, 0.25) is 11.7 Å². The molecular weight excluding hydrogens is 887 g/mol. The summed E-state index contributed by atoms with van der Waals surface area (Å²) in [5, 5.41) is 96.2. The SMILES string of the molecule is COc1cccc2c1C(=O)c1c(O)c3c(c(O)c1C2=O)C[C@@](O)(/C(CO)=N\NCC(=O)N1CCN(CC(=O)[O-])CCN(CC(=O)[O-])CCN(CC(=O)[O-])CC1)C[C@@H]3O[C@H]1C[C@H](N)[C@H](O)[C@H](C)O1. The molecule has 6 atom stereocenters. The first-order valence-corrected chi connectivity index (χ1v) is 21.6. The Hall–Kier alpha value is -5.83. The second kappa shape index (κ2) is 21.4. The van der Waals surface area contributed by atoms with E-state index in [0.29, 0.717) is 0 Å². The molecule has 2 aliphatic carbocycles. The number of ether oxygens (including phenoxy) is 3. The molecule has 24 heteroatoms. The highest BCUT2D eigenvalue weighted by molar-refractivity contribution is 6.31. The van der Waals surface area contributed by atoms with Gasteiger partial charge in [-0.2, -0.15) is 5.10 Å². The van der Waals surface area contributed by atoms with Crippen molar-refractivity contribution < 1.29 is 83.8 Å². The maximum Gasteiger partial charge on any atom is 0.243 e. The van der Waals surface area contributed by atoms with Gasteiger partial charge >= 0.3 is 0 Å². The average Bonchev–Trinajstić information content (AvgIpc) is 3.26. The maximum absolute atomic E-state index is 14.1. The Balaban J connectivity index is 1.29. The van der Waals surface area contributed by atoms with Crippen LogP contribution in [-0.2, 0) is 35.1 Å². The summed E-state index contributed by atoms with van der Waals surface area (Å²) in [6, 6.07) is 3.43. The molecule has 0 saturated carbocycles. The summed E-state index contributed by atoms with van der Waals surface area (Å²) in [5.74, 6) is -8.00. The summed E-state index contributed by atoms with van der Waals surface area (Å²) in [6.45, 7) is -1.57. The average molecular weight is 941 g/mol. The number of aromatic hydroxyl groups is 2. The van der Waals surface area contributed by atoms with Crippen LogP contribution in [0.4, 0.5) is 0 Å². The Kier molecular flexibility index (Phi) is 16.2. The number of methoxy groups -OCH3 is 1. The number of aliphatic hydroxyl groups is 3. The van der Waals surface area contributed by atoms with Gasteiger partial charge in [-0.25, -0.2) is 0 Å². The van der Waals surface area contributed by atoms with E-state index in [2.05, 4.69) is 10.5 Å². The number of carbonyl (C=O) groups excluding carboxylic acids is 6. The molecule has 1 amide bonds. The van der Waals surface area contributed by atoms with E-state index in [1.54, 1.807) is 6.92 Å². The van der Waals surface area contributed by atoms with E-state index in [9.17, 15) is 69.6 Å². The van der Waals surface area contributed by atoms with Crippen molar-refractivity contribution in [3.05, 3.63) is 51.6 Å². The fourth-order valence-corrected chi connectivity index (χ4v) is 9.02. The molecule has 366 valence electrons. The molecule has 2 heterocycles. The van der Waals surface area contributed by atoms with Crippen LogP contribution >= 0.6 is 0 Å². The molecule has 2 aromatic carbocycles. The number of fused-ring (bicyclic) bond motifs is 3. The van der Waals surface area contributed by atoms with E-state index >= 15 is 0 Å². The van der Waals surface area contributed by atoms with Crippen LogP contribution in [0.25, 0.3) is 0 Å². The number of hydrogen-bond donors (Lipinski definition) is 7. The van der Waals surface area contributed by atoms with Gasteiger partial charge in [0.15, 0.2) is 12.1 Å². The smallest absolute Gasteiger partial charge is 0.243 e. The lowest BCUT2D eigenvalue weighted by atomic mass is 9.71. The molecule has 8 N–H and O–H groups in total. The van der Waals surface area contributed by atoms with Crippen molar-refractivity contribution in [2.75, 3.05) is 92.3 Å². The molecule has 4 aliphatic rings. The second-order valence-electron chi connectivity index (χ2n) is 17.0. The van der Waals surface area contributed by atoms with Crippen molar-refractivity contribution in [3.8, 4) is 17.2 Å². The largest absolute Gasteiger partial charge is 0.549 e. The first kappa shape index (κ1) is 50.6. The summed E-state index contributed by atoms with van der Waals surface area (Å²) in [6.07, 6.45) is -5.77. The number of nitrogens with two attached hydrogens (primary N) is 1. The van der Waals surface area contributed by atoms with Gasteiger partial charge < -0.3 is 85.5 Å². The van der Waals surface area contributed by atoms with Crippen LogP contribution in [0, 0.1) is 0 Å². The van der Waals surface area contributed by atoms with Gasteiger partial charge in [0, 0.05) is 114 Å². The van der Waals surface area contributed by atoms with E-state index in [1.807, 2.05) is 0 Å². The number of nitrogens with one attached hydrogen (secondary N) is 1. The number of phenolic OH excluding ortho intramolecular Hbond substituents is 2. The summed E-state index contributed by atoms with van der Waals surface area (Å²) < 4.78 is 17.5. The monoisotopic (exact) mass is 940 g/mol. The predicted octanol–water partition coefficient (Wildman–Crippen LogP) is -6.62. The first-order chi connectivity index (χ1) is 31.8. The topological polar surface area (TPSA) is 364 Å². The standard InChI is InChI=1S/C43H57N7O17/c1-22-38(59)25(44)14-33(66-22)67-27-16-43(64,15-24-35(27)42(63)37-36(40(24)61)39(60)23-4-3-5-26(65-2)34(23)41(37)62)28(21-51)46-45-17-29(52)50-12-10-48(19-31(55)56)8-6-47(18-30(53)54)7-9-49(11-13-50)20-32(57)58/h3-5,22,25,27,33,38,45,51,59,61,63-64H,6-21,44H2,1-2H3,(H,53,54)(H,55,56)(H,57,58)/p-3/b46-28-/t22-,25-,27-,33-,38+,43-/m0/s1. The van der Waals surface area contributed by atoms with Gasteiger partial charge in [0.1, 0.15) is 29.4 Å². The van der Waals surface area contributed by atoms with Crippen LogP contribution in [0.3, 0.4) is 0 Å². The fraction of sp³-hybridized carbons (Fsp3) is 0.558. The highest BCUT2D eigenvalue weighted by atomic mass is 16.7. The van der Waals surface area contributed by atoms with Gasteiger partial charge in [0.05, 0.1) is 72.3 Å². The lowest BCUT2D eigenvalue weighted by Crippen LogP contribution is -2.53. The number of aliphatic hydroxyl groups excluding tert-OH is 2. The summed E-state index contributed by atoms with van der Waals surface area (Å²) in [7, 11) is 1.29. The van der Waals surface area contributed by atoms with E-state index in [4.69, 9.17) is 19.9 Å². The molecule has 2 fully saturated rings. The Morgan fingerprint density at radius 2 is 1.43 bits per heavy atom. The predicted molar refractivity (Wildman–Crippen MR) is 223 cm³/mol. The minimum Gasteiger partial charge on any atom is -0.549 e. The Labute approximate surface area is 383 Å². The van der Waals surface area contributed by atoms with Gasteiger partial charge in [0.25, 0.3) is 0 Å². The molecule has 0 aromatic heterocycles. The Morgan fingerprint density at radius 1 is 0.881 bits per heavy atom. The van der Waals surface area contributed by atoms with Crippen molar-refractivity contribution in [1.82, 2.24) is 25.0 Å². The number of rotatable bonds is 14. The molecule has 0 radical (unpaired) electrons. The van der Waals surface area contributed by atoms with Crippen molar-refractivity contribution in [3.63, 3.8) is 0 Å². The maximum atomic E-state index is 14.1. The quantitative estimate of drug-likeness (QED) is 0.0449.